The van der Waals surface area contributed by atoms with E-state index in [1.165, 1.54) is 24.3 Å². The Hall–Kier alpha value is -2.67. The molecule has 0 radical (unpaired) electrons. The second-order valence-corrected chi connectivity index (χ2v) is 5.23. The fourth-order valence-corrected chi connectivity index (χ4v) is 2.40. The first-order valence-electron chi connectivity index (χ1n) is 7.15. The van der Waals surface area contributed by atoms with Gasteiger partial charge in [-0.05, 0) is 36.2 Å². The summed E-state index contributed by atoms with van der Waals surface area (Å²) in [7, 11) is 0. The summed E-state index contributed by atoms with van der Waals surface area (Å²) in [5, 5.41) is 0.689. The van der Waals surface area contributed by atoms with Crippen molar-refractivity contribution < 1.29 is 27.6 Å². The minimum absolute atomic E-state index is 0.00314. The Balaban J connectivity index is 1.60. The molecular formula is C17H12F3NO3. The Morgan fingerprint density at radius 2 is 1.42 bits per heavy atom. The minimum Gasteiger partial charge on any atom is -0.266 e. The van der Waals surface area contributed by atoms with E-state index >= 15 is 0 Å². The van der Waals surface area contributed by atoms with Gasteiger partial charge >= 0.3 is 6.18 Å². The lowest BCUT2D eigenvalue weighted by Crippen LogP contribution is -2.30. The van der Waals surface area contributed by atoms with Crippen molar-refractivity contribution in [2.45, 2.75) is 12.6 Å². The van der Waals surface area contributed by atoms with Gasteiger partial charge in [0, 0.05) is 0 Å². The molecule has 1 heterocycles. The topological polar surface area (TPSA) is 46.6 Å². The third-order valence-corrected chi connectivity index (χ3v) is 3.65. The molecule has 7 heteroatoms. The van der Waals surface area contributed by atoms with Crippen LogP contribution in [0.3, 0.4) is 0 Å². The zero-order valence-electron chi connectivity index (χ0n) is 12.3. The van der Waals surface area contributed by atoms with Crippen molar-refractivity contribution >= 4 is 11.8 Å². The number of carbonyl (C=O) groups is 2. The van der Waals surface area contributed by atoms with Gasteiger partial charge in [0.25, 0.3) is 11.8 Å². The van der Waals surface area contributed by atoms with Crippen LogP contribution in [0.2, 0.25) is 0 Å². The lowest BCUT2D eigenvalue weighted by Gasteiger charge is -2.13. The Morgan fingerprint density at radius 3 is 1.92 bits per heavy atom. The highest BCUT2D eigenvalue weighted by Crippen LogP contribution is 2.29. The summed E-state index contributed by atoms with van der Waals surface area (Å²) in [6.45, 7) is -0.00314. The fraction of sp³-hybridized carbons (Fsp3) is 0.176. The van der Waals surface area contributed by atoms with E-state index in [-0.39, 0.29) is 24.2 Å². The van der Waals surface area contributed by atoms with E-state index in [4.69, 9.17) is 4.84 Å². The van der Waals surface area contributed by atoms with Crippen molar-refractivity contribution in [3.05, 3.63) is 70.8 Å². The van der Waals surface area contributed by atoms with Crippen molar-refractivity contribution in [3.8, 4) is 0 Å². The van der Waals surface area contributed by atoms with Gasteiger partial charge in [-0.1, -0.05) is 24.3 Å². The molecule has 0 atom stereocenters. The molecule has 0 saturated carbocycles. The molecule has 0 fully saturated rings. The molecule has 0 aromatic heterocycles. The Bertz CT molecular complexity index is 749. The molecule has 1 aliphatic rings. The molecule has 2 aromatic rings. The van der Waals surface area contributed by atoms with E-state index in [0.29, 0.717) is 10.6 Å². The quantitative estimate of drug-likeness (QED) is 0.804. The maximum Gasteiger partial charge on any atom is 0.416 e. The van der Waals surface area contributed by atoms with Gasteiger partial charge in [-0.2, -0.15) is 13.2 Å². The number of fused-ring (bicyclic) bond motifs is 1. The van der Waals surface area contributed by atoms with Crippen LogP contribution in [-0.4, -0.2) is 23.5 Å². The molecule has 3 rings (SSSR count). The smallest absolute Gasteiger partial charge is 0.266 e. The van der Waals surface area contributed by atoms with E-state index in [1.807, 2.05) is 0 Å². The molecule has 0 bridgehead atoms. The number of hydroxylamine groups is 2. The van der Waals surface area contributed by atoms with Gasteiger partial charge in [-0.25, -0.2) is 0 Å². The van der Waals surface area contributed by atoms with Crippen molar-refractivity contribution in [3.63, 3.8) is 0 Å². The Morgan fingerprint density at radius 1 is 0.875 bits per heavy atom. The van der Waals surface area contributed by atoms with Gasteiger partial charge in [0.15, 0.2) is 0 Å². The number of halogens is 3. The first-order chi connectivity index (χ1) is 11.4. The summed E-state index contributed by atoms with van der Waals surface area (Å²) in [6, 6.07) is 11.0. The number of benzene rings is 2. The van der Waals surface area contributed by atoms with Crippen LogP contribution >= 0.6 is 0 Å². The van der Waals surface area contributed by atoms with Crippen molar-refractivity contribution in [1.82, 2.24) is 5.06 Å². The zero-order valence-corrected chi connectivity index (χ0v) is 12.3. The molecule has 0 saturated heterocycles. The average Bonchev–Trinajstić information content (AvgIpc) is 2.80. The highest BCUT2D eigenvalue weighted by Gasteiger charge is 2.36. The summed E-state index contributed by atoms with van der Waals surface area (Å²) >= 11 is 0. The predicted octanol–water partition coefficient (Wildman–Crippen LogP) is 3.48. The van der Waals surface area contributed by atoms with E-state index in [0.717, 1.165) is 12.1 Å². The van der Waals surface area contributed by atoms with Crippen LogP contribution in [0.5, 0.6) is 0 Å². The zero-order chi connectivity index (χ0) is 17.3. The molecule has 2 aromatic carbocycles. The molecule has 0 aliphatic carbocycles. The first-order valence-corrected chi connectivity index (χ1v) is 7.15. The number of imide groups is 1. The number of alkyl halides is 3. The number of rotatable bonds is 4. The average molecular weight is 335 g/mol. The molecule has 24 heavy (non-hydrogen) atoms. The van der Waals surface area contributed by atoms with Crippen molar-refractivity contribution in [2.75, 3.05) is 6.61 Å². The second-order valence-electron chi connectivity index (χ2n) is 5.23. The van der Waals surface area contributed by atoms with Gasteiger partial charge in [0.05, 0.1) is 23.3 Å². The summed E-state index contributed by atoms with van der Waals surface area (Å²) in [5.74, 6) is -1.08. The molecule has 0 unspecified atom stereocenters. The number of amides is 2. The molecule has 0 N–H and O–H groups in total. The van der Waals surface area contributed by atoms with Gasteiger partial charge in [-0.15, -0.1) is 5.06 Å². The van der Waals surface area contributed by atoms with Crippen molar-refractivity contribution in [2.24, 2.45) is 0 Å². The Labute approximate surface area is 135 Å². The van der Waals surface area contributed by atoms with Gasteiger partial charge < -0.3 is 0 Å². The fourth-order valence-electron chi connectivity index (χ4n) is 2.40. The van der Waals surface area contributed by atoms with Crippen molar-refractivity contribution in [1.29, 1.82) is 0 Å². The standard InChI is InChI=1S/C17H12F3NO3/c18-17(19,20)12-7-5-11(6-8-12)9-10-24-21-15(22)13-3-1-2-4-14(13)16(21)23/h1-8H,9-10H2. The third-order valence-electron chi connectivity index (χ3n) is 3.65. The summed E-state index contributed by atoms with van der Waals surface area (Å²) < 4.78 is 37.5. The SMILES string of the molecule is O=C1c2ccccc2C(=O)N1OCCc1ccc(C(F)(F)F)cc1. The van der Waals surface area contributed by atoms with E-state index in [2.05, 4.69) is 0 Å². The highest BCUT2D eigenvalue weighted by atomic mass is 19.4. The number of nitrogens with zero attached hydrogens (tertiary/aromatic N) is 1. The van der Waals surface area contributed by atoms with Gasteiger partial charge in [0.2, 0.25) is 0 Å². The van der Waals surface area contributed by atoms with Crippen LogP contribution in [0.1, 0.15) is 31.8 Å². The van der Waals surface area contributed by atoms with E-state index < -0.39 is 23.6 Å². The second kappa shape index (κ2) is 6.09. The van der Waals surface area contributed by atoms with Crippen LogP contribution in [0, 0.1) is 0 Å². The van der Waals surface area contributed by atoms with E-state index in [9.17, 15) is 22.8 Å². The lowest BCUT2D eigenvalue weighted by atomic mass is 10.1. The predicted molar refractivity (Wildman–Crippen MR) is 78.0 cm³/mol. The number of carbonyl (C=O) groups excluding carboxylic acids is 2. The third kappa shape index (κ3) is 3.03. The molecule has 0 spiro atoms. The number of hydrogen-bond acceptors (Lipinski definition) is 3. The van der Waals surface area contributed by atoms with Crippen LogP contribution < -0.4 is 0 Å². The summed E-state index contributed by atoms with van der Waals surface area (Å²) in [5.41, 5.74) is 0.432. The first kappa shape index (κ1) is 16.2. The number of hydrogen-bond donors (Lipinski definition) is 0. The van der Waals surface area contributed by atoms with Gasteiger partial charge in [-0.3, -0.25) is 14.4 Å². The molecule has 1 aliphatic heterocycles. The minimum atomic E-state index is -4.38. The summed E-state index contributed by atoms with van der Waals surface area (Å²) in [4.78, 5) is 29.3. The van der Waals surface area contributed by atoms with Crippen LogP contribution in [0.15, 0.2) is 48.5 Å². The van der Waals surface area contributed by atoms with Gasteiger partial charge in [0.1, 0.15) is 0 Å². The molecule has 4 nitrogen and oxygen atoms in total. The maximum absolute atomic E-state index is 12.5. The Kier molecular flexibility index (Phi) is 4.11. The van der Waals surface area contributed by atoms with E-state index in [1.54, 1.807) is 12.1 Å². The monoisotopic (exact) mass is 335 g/mol. The van der Waals surface area contributed by atoms with Crippen LogP contribution in [0.4, 0.5) is 13.2 Å². The normalized spacial score (nSPS) is 14.2. The maximum atomic E-state index is 12.5. The molecule has 2 amide bonds. The lowest BCUT2D eigenvalue weighted by molar-refractivity contribution is -0.137. The van der Waals surface area contributed by atoms with Crippen LogP contribution in [-0.2, 0) is 17.4 Å². The highest BCUT2D eigenvalue weighted by molar-refractivity contribution is 6.20. The molecular weight excluding hydrogens is 323 g/mol. The largest absolute Gasteiger partial charge is 0.416 e. The molecule has 124 valence electrons. The summed E-state index contributed by atoms with van der Waals surface area (Å²) in [6.07, 6.45) is -4.11. The van der Waals surface area contributed by atoms with Crippen LogP contribution in [0.25, 0.3) is 0 Å².